The van der Waals surface area contributed by atoms with E-state index in [2.05, 4.69) is 177 Å². The van der Waals surface area contributed by atoms with Gasteiger partial charge in [0.1, 0.15) is 5.52 Å². The van der Waals surface area contributed by atoms with Crippen molar-refractivity contribution in [2.24, 2.45) is 0 Å². The summed E-state index contributed by atoms with van der Waals surface area (Å²) in [5.41, 5.74) is 13.5. The summed E-state index contributed by atoms with van der Waals surface area (Å²) in [5.74, 6) is 1.42. The summed E-state index contributed by atoms with van der Waals surface area (Å²) >= 11 is 0. The molecule has 0 aliphatic carbocycles. The van der Waals surface area contributed by atoms with Gasteiger partial charge < -0.3 is 0 Å². The molecule has 4 aromatic heterocycles. The number of para-hydroxylation sites is 3. The van der Waals surface area contributed by atoms with E-state index < -0.39 is 0 Å². The molecule has 0 radical (unpaired) electrons. The second-order valence-corrected chi connectivity index (χ2v) is 13.3. The van der Waals surface area contributed by atoms with Crippen LogP contribution in [0.1, 0.15) is 0 Å². The van der Waals surface area contributed by atoms with Gasteiger partial charge in [-0.25, -0.2) is 9.97 Å². The zero-order chi connectivity index (χ0) is 34.9. The minimum atomic E-state index is 0.589. The van der Waals surface area contributed by atoms with Crippen LogP contribution in [0.4, 0.5) is 0 Å². The van der Waals surface area contributed by atoms with E-state index in [1.807, 2.05) is 18.2 Å². The first kappa shape index (κ1) is 29.4. The highest BCUT2D eigenvalue weighted by Crippen LogP contribution is 2.38. The Balaban J connectivity index is 1.20. The minimum Gasteiger partial charge on any atom is -0.278 e. The van der Waals surface area contributed by atoms with Crippen molar-refractivity contribution >= 4 is 49.8 Å². The molecule has 0 aliphatic rings. The number of imidazole rings is 2. The number of fused-ring (bicyclic) bond motifs is 8. The molecule has 11 rings (SSSR count). The highest BCUT2D eigenvalue weighted by atomic mass is 15.3. The van der Waals surface area contributed by atoms with Gasteiger partial charge in [-0.05, 0) is 64.7 Å². The average Bonchev–Trinajstić information content (AvgIpc) is 3.86. The Morgan fingerprint density at radius 1 is 0.377 bits per heavy atom. The topological polar surface area (TPSA) is 52.9 Å². The van der Waals surface area contributed by atoms with Gasteiger partial charge in [0.2, 0.25) is 11.7 Å². The lowest BCUT2D eigenvalue weighted by molar-refractivity contribution is 0.998. The zero-order valence-corrected chi connectivity index (χ0v) is 28.5. The lowest BCUT2D eigenvalue weighted by Gasteiger charge is -2.11. The van der Waals surface area contributed by atoms with Crippen LogP contribution in [-0.2, 0) is 0 Å². The second kappa shape index (κ2) is 11.6. The van der Waals surface area contributed by atoms with Crippen LogP contribution in [0, 0.1) is 0 Å². The fraction of sp³-hybridized carbons (Fsp3) is 0. The first-order valence-electron chi connectivity index (χ1n) is 17.8. The van der Waals surface area contributed by atoms with Crippen LogP contribution >= 0.6 is 0 Å². The Labute approximate surface area is 304 Å². The maximum absolute atomic E-state index is 5.49. The number of aromatic nitrogens is 6. The number of nitrogens with zero attached hydrogens (tertiary/aromatic N) is 6. The Morgan fingerprint density at radius 3 is 1.79 bits per heavy atom. The van der Waals surface area contributed by atoms with Crippen molar-refractivity contribution in [3.05, 3.63) is 182 Å². The molecule has 0 amide bonds. The SMILES string of the molecule is c1ccc(-c2cccc(-c3ccc4c(c3)n(-c3ccccc3)c3nc5c(c6ccccc6n5-c5nc(-c6ccccc6)c6ccccc6n5)n43)c2)cc1. The van der Waals surface area contributed by atoms with E-state index in [1.54, 1.807) is 0 Å². The lowest BCUT2D eigenvalue weighted by Crippen LogP contribution is -2.04. The van der Waals surface area contributed by atoms with Crippen molar-refractivity contribution in [2.75, 3.05) is 0 Å². The highest BCUT2D eigenvalue weighted by Gasteiger charge is 2.25. The van der Waals surface area contributed by atoms with Gasteiger partial charge in [-0.1, -0.05) is 140 Å². The predicted octanol–water partition coefficient (Wildman–Crippen LogP) is 11.3. The molecular weight excluding hydrogens is 649 g/mol. The highest BCUT2D eigenvalue weighted by molar-refractivity contribution is 6.10. The molecule has 0 N–H and O–H groups in total. The standard InChI is InChI=1S/C47H30N6/c1-4-15-31(16-5-1)33-19-14-20-34(29-33)35-27-28-41-42(30-35)51(36-21-8-3-9-22-36)47-50-45-44(52(41)47)38-24-11-13-26-40(38)53(45)46-48-39-25-12-10-23-37(39)43(49-46)32-17-6-2-7-18-32/h1-30H. The van der Waals surface area contributed by atoms with Gasteiger partial charge in [-0.3, -0.25) is 13.5 Å². The third-order valence-electron chi connectivity index (χ3n) is 10.3. The molecule has 4 heterocycles. The van der Waals surface area contributed by atoms with Gasteiger partial charge in [0.15, 0.2) is 5.65 Å². The average molecular weight is 679 g/mol. The predicted molar refractivity (Wildman–Crippen MR) is 216 cm³/mol. The van der Waals surface area contributed by atoms with Crippen molar-refractivity contribution in [1.82, 2.24) is 28.5 Å². The zero-order valence-electron chi connectivity index (χ0n) is 28.5. The Morgan fingerprint density at radius 2 is 1.00 bits per heavy atom. The van der Waals surface area contributed by atoms with Gasteiger partial charge in [0.05, 0.1) is 27.8 Å². The van der Waals surface area contributed by atoms with E-state index in [9.17, 15) is 0 Å². The molecule has 0 atom stereocenters. The molecule has 0 unspecified atom stereocenters. The van der Waals surface area contributed by atoms with Gasteiger partial charge >= 0.3 is 0 Å². The second-order valence-electron chi connectivity index (χ2n) is 13.3. The molecule has 0 aliphatic heterocycles. The molecule has 6 nitrogen and oxygen atoms in total. The quantitative estimate of drug-likeness (QED) is 0.182. The number of benzene rings is 7. The number of hydrogen-bond acceptors (Lipinski definition) is 3. The fourth-order valence-electron chi connectivity index (χ4n) is 7.86. The monoisotopic (exact) mass is 678 g/mol. The summed E-state index contributed by atoms with van der Waals surface area (Å²) in [6, 6.07) is 63.6. The van der Waals surface area contributed by atoms with E-state index in [0.717, 1.165) is 77.9 Å². The normalized spacial score (nSPS) is 11.8. The van der Waals surface area contributed by atoms with E-state index >= 15 is 0 Å². The van der Waals surface area contributed by atoms with Crippen molar-refractivity contribution in [2.45, 2.75) is 0 Å². The molecule has 0 saturated heterocycles. The Hall–Kier alpha value is -7.31. The van der Waals surface area contributed by atoms with Crippen LogP contribution in [0.15, 0.2) is 182 Å². The van der Waals surface area contributed by atoms with E-state index in [1.165, 1.54) is 11.1 Å². The molecule has 53 heavy (non-hydrogen) atoms. The largest absolute Gasteiger partial charge is 0.278 e. The Kier molecular flexibility index (Phi) is 6.45. The third kappa shape index (κ3) is 4.56. The summed E-state index contributed by atoms with van der Waals surface area (Å²) < 4.78 is 6.70. The van der Waals surface area contributed by atoms with Gasteiger partial charge in [0, 0.05) is 22.0 Å². The van der Waals surface area contributed by atoms with Crippen LogP contribution < -0.4 is 0 Å². The third-order valence-corrected chi connectivity index (χ3v) is 10.3. The molecule has 248 valence electrons. The molecule has 6 heteroatoms. The van der Waals surface area contributed by atoms with E-state index in [4.69, 9.17) is 15.0 Å². The molecule has 0 bridgehead atoms. The maximum atomic E-state index is 5.49. The molecular formula is C47H30N6. The summed E-state index contributed by atoms with van der Waals surface area (Å²) in [6.45, 7) is 0. The lowest BCUT2D eigenvalue weighted by atomic mass is 9.99. The minimum absolute atomic E-state index is 0.589. The van der Waals surface area contributed by atoms with Crippen molar-refractivity contribution in [1.29, 1.82) is 0 Å². The molecule has 0 fully saturated rings. The van der Waals surface area contributed by atoms with Crippen molar-refractivity contribution < 1.29 is 0 Å². The Bertz CT molecular complexity index is 3160. The van der Waals surface area contributed by atoms with Crippen LogP contribution in [0.3, 0.4) is 0 Å². The number of rotatable bonds is 5. The van der Waals surface area contributed by atoms with E-state index in [-0.39, 0.29) is 0 Å². The van der Waals surface area contributed by atoms with Crippen LogP contribution in [-0.4, -0.2) is 28.5 Å². The van der Waals surface area contributed by atoms with Crippen molar-refractivity contribution in [3.63, 3.8) is 0 Å². The molecule has 0 saturated carbocycles. The first-order chi connectivity index (χ1) is 26.3. The fourth-order valence-corrected chi connectivity index (χ4v) is 7.86. The summed E-state index contributed by atoms with van der Waals surface area (Å²) in [7, 11) is 0. The van der Waals surface area contributed by atoms with Crippen LogP contribution in [0.2, 0.25) is 0 Å². The number of hydrogen-bond donors (Lipinski definition) is 0. The van der Waals surface area contributed by atoms with Gasteiger partial charge in [-0.2, -0.15) is 4.98 Å². The van der Waals surface area contributed by atoms with Crippen LogP contribution in [0.5, 0.6) is 0 Å². The van der Waals surface area contributed by atoms with Crippen molar-refractivity contribution in [3.8, 4) is 45.1 Å². The summed E-state index contributed by atoms with van der Waals surface area (Å²) in [5, 5.41) is 2.09. The van der Waals surface area contributed by atoms with Gasteiger partial charge in [-0.15, -0.1) is 0 Å². The first-order valence-corrected chi connectivity index (χ1v) is 17.8. The van der Waals surface area contributed by atoms with Crippen LogP contribution in [0.25, 0.3) is 94.9 Å². The molecule has 11 aromatic rings. The van der Waals surface area contributed by atoms with E-state index in [0.29, 0.717) is 5.95 Å². The van der Waals surface area contributed by atoms with Gasteiger partial charge in [0.25, 0.3) is 0 Å². The molecule has 7 aromatic carbocycles. The smallest absolute Gasteiger partial charge is 0.237 e. The summed E-state index contributed by atoms with van der Waals surface area (Å²) in [4.78, 5) is 15.9. The summed E-state index contributed by atoms with van der Waals surface area (Å²) in [6.07, 6.45) is 0. The maximum Gasteiger partial charge on any atom is 0.237 e. The molecule has 0 spiro atoms.